The second-order valence-electron chi connectivity index (χ2n) is 4.52. The van der Waals surface area contributed by atoms with Crippen LogP contribution in [0.5, 0.6) is 0 Å². The van der Waals surface area contributed by atoms with Crippen LogP contribution in [0.3, 0.4) is 0 Å². The lowest BCUT2D eigenvalue weighted by Crippen LogP contribution is -2.25. The van der Waals surface area contributed by atoms with Gasteiger partial charge in [0.1, 0.15) is 0 Å². The molecule has 0 heterocycles. The lowest BCUT2D eigenvalue weighted by molar-refractivity contribution is 0.576. The molecule has 0 aliphatic carbocycles. The molecule has 1 aromatic rings. The minimum atomic E-state index is -3.50. The van der Waals surface area contributed by atoms with E-state index in [2.05, 4.69) is 10.6 Å². The van der Waals surface area contributed by atoms with Crippen LogP contribution in [-0.2, 0) is 10.0 Å². The van der Waals surface area contributed by atoms with E-state index in [4.69, 9.17) is 12.2 Å². The van der Waals surface area contributed by atoms with Gasteiger partial charge in [-0.05, 0) is 49.9 Å². The van der Waals surface area contributed by atoms with Gasteiger partial charge < -0.3 is 5.73 Å². The summed E-state index contributed by atoms with van der Waals surface area (Å²) in [6, 6.07) is 3.26. The molecule has 0 spiro atoms. The van der Waals surface area contributed by atoms with Gasteiger partial charge >= 0.3 is 0 Å². The Morgan fingerprint density at radius 1 is 1.32 bits per heavy atom. The van der Waals surface area contributed by atoms with Gasteiger partial charge in [-0.3, -0.25) is 0 Å². The molecule has 0 aliphatic heterocycles. The molecule has 1 rings (SSSR count). The largest absolute Gasteiger partial charge is 0.399 e. The predicted octanol–water partition coefficient (Wildman–Crippen LogP) is 1.97. The van der Waals surface area contributed by atoms with Crippen LogP contribution in [0.25, 0.3) is 0 Å². The first-order valence-corrected chi connectivity index (χ1v) is 7.66. The summed E-state index contributed by atoms with van der Waals surface area (Å²) in [6.45, 7) is 4.01. The van der Waals surface area contributed by atoms with Crippen molar-refractivity contribution in [3.05, 3.63) is 23.3 Å². The van der Waals surface area contributed by atoms with Crippen molar-refractivity contribution in [3.63, 3.8) is 0 Å². The number of benzene rings is 1. The molecule has 19 heavy (non-hydrogen) atoms. The molecule has 0 radical (unpaired) electrons. The Labute approximate surface area is 115 Å². The number of nitrogens with one attached hydrogen (secondary N) is 1. The fraction of sp³-hybridized carbons (Fsp3) is 0.429. The van der Waals surface area contributed by atoms with Gasteiger partial charge in [0.25, 0.3) is 0 Å². The van der Waals surface area contributed by atoms with E-state index in [1.54, 1.807) is 13.0 Å². The van der Waals surface area contributed by atoms with Crippen LogP contribution in [0.2, 0.25) is 0 Å². The monoisotopic (exact) mass is 280 g/mol. The highest BCUT2D eigenvalue weighted by Gasteiger charge is 2.17. The normalized spacial score (nSPS) is 11.2. The van der Waals surface area contributed by atoms with Gasteiger partial charge in [-0.2, -0.15) is 0 Å². The molecule has 0 saturated carbocycles. The maximum absolute atomic E-state index is 12.2. The molecule has 1 aromatic carbocycles. The van der Waals surface area contributed by atoms with Crippen LogP contribution in [0.1, 0.15) is 30.4 Å². The highest BCUT2D eigenvalue weighted by atomic mass is 32.2. The van der Waals surface area contributed by atoms with E-state index < -0.39 is 10.0 Å². The Kier molecular flexibility index (Phi) is 5.40. The zero-order valence-corrected chi connectivity index (χ0v) is 12.2. The third-order valence-corrected chi connectivity index (χ3v) is 4.56. The maximum Gasteiger partial charge on any atom is 0.240 e. The number of unbranched alkanes of at least 4 members (excludes halogenated alkanes) is 2. The Bertz CT molecular complexity index is 586. The zero-order chi connectivity index (χ0) is 14.5. The van der Waals surface area contributed by atoms with Crippen LogP contribution >= 0.6 is 0 Å². The van der Waals surface area contributed by atoms with Crippen molar-refractivity contribution in [1.82, 2.24) is 4.72 Å². The average Bonchev–Trinajstić information content (AvgIpc) is 2.33. The fourth-order valence-electron chi connectivity index (χ4n) is 1.77. The summed E-state index contributed by atoms with van der Waals surface area (Å²) in [6.07, 6.45) is 7.34. The second-order valence-corrected chi connectivity index (χ2v) is 6.26. The quantitative estimate of drug-likeness (QED) is 0.475. The lowest BCUT2D eigenvalue weighted by atomic mass is 10.1. The van der Waals surface area contributed by atoms with Gasteiger partial charge in [0.05, 0.1) is 4.90 Å². The van der Waals surface area contributed by atoms with Crippen molar-refractivity contribution in [2.45, 2.75) is 38.0 Å². The number of hydrogen-bond donors (Lipinski definition) is 2. The third-order valence-electron chi connectivity index (χ3n) is 2.97. The van der Waals surface area contributed by atoms with Gasteiger partial charge in [-0.25, -0.2) is 13.1 Å². The van der Waals surface area contributed by atoms with Crippen molar-refractivity contribution in [1.29, 1.82) is 0 Å². The van der Waals surface area contributed by atoms with Gasteiger partial charge in [0.15, 0.2) is 0 Å². The molecule has 0 bridgehead atoms. The van der Waals surface area contributed by atoms with Gasteiger partial charge in [0, 0.05) is 18.7 Å². The van der Waals surface area contributed by atoms with E-state index >= 15 is 0 Å². The standard InChI is InChI=1S/C14H20N2O2S/c1-4-5-6-7-8-16-19(17,18)14-10-13(15)9-11(2)12(14)3/h1,9-10,16H,5-8,15H2,2-3H3. The summed E-state index contributed by atoms with van der Waals surface area (Å²) in [5.41, 5.74) is 7.75. The van der Waals surface area contributed by atoms with Crippen molar-refractivity contribution in [2.24, 2.45) is 0 Å². The highest BCUT2D eigenvalue weighted by molar-refractivity contribution is 7.89. The summed E-state index contributed by atoms with van der Waals surface area (Å²) in [4.78, 5) is 0.252. The molecule has 0 atom stereocenters. The smallest absolute Gasteiger partial charge is 0.240 e. The first kappa shape index (κ1) is 15.5. The van der Waals surface area contributed by atoms with Gasteiger partial charge in [-0.15, -0.1) is 12.3 Å². The molecule has 0 aromatic heterocycles. The lowest BCUT2D eigenvalue weighted by Gasteiger charge is -2.12. The number of aryl methyl sites for hydroxylation is 1. The van der Waals surface area contributed by atoms with E-state index in [1.807, 2.05) is 6.92 Å². The van der Waals surface area contributed by atoms with Crippen molar-refractivity contribution in [3.8, 4) is 12.3 Å². The Balaban J connectivity index is 2.81. The van der Waals surface area contributed by atoms with Crippen LogP contribution in [-0.4, -0.2) is 15.0 Å². The summed E-state index contributed by atoms with van der Waals surface area (Å²) < 4.78 is 26.9. The van der Waals surface area contributed by atoms with Crippen LogP contribution in [0.4, 0.5) is 5.69 Å². The SMILES string of the molecule is C#CCCCCNS(=O)(=O)c1cc(N)cc(C)c1C. The minimum absolute atomic E-state index is 0.252. The fourth-order valence-corrected chi connectivity index (χ4v) is 3.19. The van der Waals surface area contributed by atoms with E-state index in [0.717, 1.165) is 24.0 Å². The topological polar surface area (TPSA) is 72.2 Å². The van der Waals surface area contributed by atoms with Crippen LogP contribution in [0.15, 0.2) is 17.0 Å². The second kappa shape index (κ2) is 6.60. The Hall–Kier alpha value is -1.51. The zero-order valence-electron chi connectivity index (χ0n) is 11.4. The first-order chi connectivity index (χ1) is 8.88. The molecular weight excluding hydrogens is 260 g/mol. The van der Waals surface area contributed by atoms with Crippen LogP contribution < -0.4 is 10.5 Å². The molecule has 4 nitrogen and oxygen atoms in total. The first-order valence-electron chi connectivity index (χ1n) is 6.18. The van der Waals surface area contributed by atoms with E-state index in [9.17, 15) is 8.42 Å². The predicted molar refractivity (Wildman–Crippen MR) is 78.2 cm³/mol. The number of hydrogen-bond acceptors (Lipinski definition) is 3. The average molecular weight is 280 g/mol. The summed E-state index contributed by atoms with van der Waals surface area (Å²) >= 11 is 0. The van der Waals surface area contributed by atoms with E-state index in [-0.39, 0.29) is 4.90 Å². The van der Waals surface area contributed by atoms with Crippen LogP contribution in [0, 0.1) is 26.2 Å². The van der Waals surface area contributed by atoms with Crippen molar-refractivity contribution in [2.75, 3.05) is 12.3 Å². The summed E-state index contributed by atoms with van der Waals surface area (Å²) in [7, 11) is -3.50. The van der Waals surface area contributed by atoms with Crippen molar-refractivity contribution >= 4 is 15.7 Å². The number of sulfonamides is 1. The maximum atomic E-state index is 12.2. The molecule has 3 N–H and O–H groups in total. The van der Waals surface area contributed by atoms with E-state index in [0.29, 0.717) is 18.7 Å². The molecule has 0 aliphatic rings. The number of anilines is 1. The minimum Gasteiger partial charge on any atom is -0.399 e. The molecule has 0 unspecified atom stereocenters. The molecule has 0 amide bonds. The molecule has 0 fully saturated rings. The summed E-state index contributed by atoms with van der Waals surface area (Å²) in [5.74, 6) is 2.53. The number of nitrogen functional groups attached to an aromatic ring is 1. The number of nitrogens with two attached hydrogens (primary N) is 1. The van der Waals surface area contributed by atoms with Gasteiger partial charge in [-0.1, -0.05) is 0 Å². The number of rotatable bonds is 6. The molecule has 5 heteroatoms. The van der Waals surface area contributed by atoms with E-state index in [1.165, 1.54) is 6.07 Å². The molecular formula is C14H20N2O2S. The van der Waals surface area contributed by atoms with Gasteiger partial charge in [0.2, 0.25) is 10.0 Å². The Morgan fingerprint density at radius 3 is 2.63 bits per heavy atom. The molecule has 104 valence electrons. The molecule has 0 saturated heterocycles. The number of terminal acetylenes is 1. The Morgan fingerprint density at radius 2 is 2.00 bits per heavy atom. The van der Waals surface area contributed by atoms with Crippen molar-refractivity contribution < 1.29 is 8.42 Å². The third kappa shape index (κ3) is 4.27. The summed E-state index contributed by atoms with van der Waals surface area (Å²) in [5, 5.41) is 0. The highest BCUT2D eigenvalue weighted by Crippen LogP contribution is 2.22.